The van der Waals surface area contributed by atoms with Crippen molar-refractivity contribution < 1.29 is 4.74 Å². The van der Waals surface area contributed by atoms with Gasteiger partial charge in [0, 0.05) is 5.56 Å². The summed E-state index contributed by atoms with van der Waals surface area (Å²) in [4.78, 5) is 0. The van der Waals surface area contributed by atoms with Crippen molar-refractivity contribution in [1.82, 2.24) is 0 Å². The van der Waals surface area contributed by atoms with Gasteiger partial charge in [0.15, 0.2) is 0 Å². The Bertz CT molecular complexity index is 585. The molecule has 2 aromatic carbocycles. The molecule has 0 radical (unpaired) electrons. The molecule has 0 atom stereocenters. The number of hydrogen-bond acceptors (Lipinski definition) is 2. The van der Waals surface area contributed by atoms with Crippen LogP contribution in [-0.2, 0) is 6.42 Å². The Balaban J connectivity index is 1.91. The van der Waals surface area contributed by atoms with Crippen molar-refractivity contribution in [3.8, 4) is 5.75 Å². The summed E-state index contributed by atoms with van der Waals surface area (Å²) in [6.45, 7) is 0.662. The molecule has 2 nitrogen and oxygen atoms in total. The average Bonchev–Trinajstić information content (AvgIpc) is 2.78. The van der Waals surface area contributed by atoms with Gasteiger partial charge in [0.25, 0.3) is 0 Å². The largest absolute Gasteiger partial charge is 0.490 e. The van der Waals surface area contributed by atoms with Gasteiger partial charge in [-0.1, -0.05) is 43.2 Å². The number of benzene rings is 2. The van der Waals surface area contributed by atoms with Gasteiger partial charge in [-0.15, -0.1) is 0 Å². The maximum Gasteiger partial charge on any atom is 0.123 e. The van der Waals surface area contributed by atoms with E-state index in [0.29, 0.717) is 12.6 Å². The fourth-order valence-corrected chi connectivity index (χ4v) is 3.37. The summed E-state index contributed by atoms with van der Waals surface area (Å²) in [6, 6.07) is 12.8. The van der Waals surface area contributed by atoms with Gasteiger partial charge in [-0.05, 0) is 55.5 Å². The maximum atomic E-state index is 6.37. The number of fused-ring (bicyclic) bond motifs is 1. The molecule has 0 unspecified atom stereocenters. The molecular weight excluding hydrogens is 258 g/mol. The van der Waals surface area contributed by atoms with Crippen LogP contribution in [0.5, 0.6) is 5.75 Å². The Morgan fingerprint density at radius 2 is 1.71 bits per heavy atom. The molecule has 0 amide bonds. The summed E-state index contributed by atoms with van der Waals surface area (Å²) in [5.41, 5.74) is 7.10. The zero-order valence-corrected chi connectivity index (χ0v) is 12.7. The van der Waals surface area contributed by atoms with E-state index in [9.17, 15) is 0 Å². The maximum absolute atomic E-state index is 6.37. The van der Waals surface area contributed by atoms with Crippen LogP contribution < -0.4 is 10.5 Å². The van der Waals surface area contributed by atoms with E-state index in [4.69, 9.17) is 10.5 Å². The summed E-state index contributed by atoms with van der Waals surface area (Å²) in [7, 11) is 0. The van der Waals surface area contributed by atoms with E-state index in [1.54, 1.807) is 0 Å². The zero-order chi connectivity index (χ0) is 14.5. The Morgan fingerprint density at radius 3 is 2.48 bits per heavy atom. The summed E-state index contributed by atoms with van der Waals surface area (Å²) >= 11 is 0. The molecule has 0 saturated heterocycles. The van der Waals surface area contributed by atoms with Crippen LogP contribution in [0, 0.1) is 0 Å². The normalized spacial score (nSPS) is 16.8. The molecule has 1 aliphatic carbocycles. The van der Waals surface area contributed by atoms with Gasteiger partial charge in [-0.2, -0.15) is 0 Å². The van der Waals surface area contributed by atoms with Gasteiger partial charge in [0.05, 0.1) is 6.10 Å². The Kier molecular flexibility index (Phi) is 4.76. The Morgan fingerprint density at radius 1 is 0.952 bits per heavy atom. The van der Waals surface area contributed by atoms with E-state index in [2.05, 4.69) is 36.4 Å². The van der Waals surface area contributed by atoms with E-state index in [0.717, 1.165) is 12.2 Å². The Labute approximate surface area is 127 Å². The zero-order valence-electron chi connectivity index (χ0n) is 12.7. The van der Waals surface area contributed by atoms with Gasteiger partial charge < -0.3 is 10.5 Å². The number of rotatable bonds is 4. The van der Waals surface area contributed by atoms with Crippen molar-refractivity contribution in [2.24, 2.45) is 5.73 Å². The third kappa shape index (κ3) is 3.38. The first-order valence-electron chi connectivity index (χ1n) is 8.26. The molecule has 0 spiro atoms. The van der Waals surface area contributed by atoms with Gasteiger partial charge in [-0.25, -0.2) is 0 Å². The highest BCUT2D eigenvalue weighted by Crippen LogP contribution is 2.31. The standard InChI is InChI=1S/C19H25NO/c20-14-13-18-17-10-6-5-7-15(17)11-12-19(18)21-16-8-3-1-2-4-9-16/h5-7,10-12,16H,1-4,8-9,13-14,20H2. The summed E-state index contributed by atoms with van der Waals surface area (Å²) < 4.78 is 6.37. The first kappa shape index (κ1) is 14.4. The predicted molar refractivity (Wildman–Crippen MR) is 88.8 cm³/mol. The first-order valence-corrected chi connectivity index (χ1v) is 8.26. The van der Waals surface area contributed by atoms with E-state index in [-0.39, 0.29) is 0 Å². The summed E-state index contributed by atoms with van der Waals surface area (Å²) in [5.74, 6) is 1.05. The monoisotopic (exact) mass is 283 g/mol. The highest BCUT2D eigenvalue weighted by atomic mass is 16.5. The molecule has 2 heteroatoms. The van der Waals surface area contributed by atoms with Crippen LogP contribution in [0.15, 0.2) is 36.4 Å². The molecule has 21 heavy (non-hydrogen) atoms. The lowest BCUT2D eigenvalue weighted by atomic mass is 10.0. The lowest BCUT2D eigenvalue weighted by Gasteiger charge is -2.20. The lowest BCUT2D eigenvalue weighted by Crippen LogP contribution is -2.17. The van der Waals surface area contributed by atoms with Crippen molar-refractivity contribution in [1.29, 1.82) is 0 Å². The van der Waals surface area contributed by atoms with Crippen LogP contribution in [0.2, 0.25) is 0 Å². The van der Waals surface area contributed by atoms with Crippen LogP contribution in [0.1, 0.15) is 44.1 Å². The smallest absolute Gasteiger partial charge is 0.123 e. The SMILES string of the molecule is NCCc1c(OC2CCCCCC2)ccc2ccccc12. The van der Waals surface area contributed by atoms with E-state index >= 15 is 0 Å². The summed E-state index contributed by atoms with van der Waals surface area (Å²) in [6.07, 6.45) is 8.94. The third-order valence-electron chi connectivity index (χ3n) is 4.49. The first-order chi connectivity index (χ1) is 10.4. The molecule has 1 fully saturated rings. The van der Waals surface area contributed by atoms with Crippen LogP contribution in [0.25, 0.3) is 10.8 Å². The van der Waals surface area contributed by atoms with Crippen molar-refractivity contribution in [2.45, 2.75) is 51.0 Å². The molecule has 0 heterocycles. The lowest BCUT2D eigenvalue weighted by molar-refractivity contribution is 0.182. The van der Waals surface area contributed by atoms with Crippen LogP contribution >= 0.6 is 0 Å². The molecular formula is C19H25NO. The third-order valence-corrected chi connectivity index (χ3v) is 4.49. The number of ether oxygens (including phenoxy) is 1. The Hall–Kier alpha value is -1.54. The van der Waals surface area contributed by atoms with Gasteiger partial charge in [0.2, 0.25) is 0 Å². The van der Waals surface area contributed by atoms with Gasteiger partial charge in [0.1, 0.15) is 5.75 Å². The molecule has 1 aliphatic rings. The molecule has 2 N–H and O–H groups in total. The average molecular weight is 283 g/mol. The summed E-state index contributed by atoms with van der Waals surface area (Å²) in [5, 5.41) is 2.56. The van der Waals surface area contributed by atoms with E-state index < -0.39 is 0 Å². The highest BCUT2D eigenvalue weighted by Gasteiger charge is 2.16. The topological polar surface area (TPSA) is 35.2 Å². The molecule has 1 saturated carbocycles. The quantitative estimate of drug-likeness (QED) is 0.842. The van der Waals surface area contributed by atoms with Gasteiger partial charge in [-0.3, -0.25) is 0 Å². The highest BCUT2D eigenvalue weighted by molar-refractivity contribution is 5.87. The minimum Gasteiger partial charge on any atom is -0.490 e. The molecule has 0 aromatic heterocycles. The number of nitrogens with two attached hydrogens (primary N) is 1. The second kappa shape index (κ2) is 6.95. The molecule has 2 aromatic rings. The molecule has 112 valence electrons. The fourth-order valence-electron chi connectivity index (χ4n) is 3.37. The second-order valence-corrected chi connectivity index (χ2v) is 6.03. The second-order valence-electron chi connectivity index (χ2n) is 6.03. The van der Waals surface area contributed by atoms with Crippen molar-refractivity contribution in [3.05, 3.63) is 42.0 Å². The van der Waals surface area contributed by atoms with E-state index in [1.807, 2.05) is 0 Å². The predicted octanol–water partition coefficient (Wildman–Crippen LogP) is 4.44. The minimum atomic E-state index is 0.380. The van der Waals surface area contributed by atoms with E-state index in [1.165, 1.54) is 54.9 Å². The van der Waals surface area contributed by atoms with Gasteiger partial charge >= 0.3 is 0 Å². The molecule has 0 aliphatic heterocycles. The number of hydrogen-bond donors (Lipinski definition) is 1. The van der Waals surface area contributed by atoms with Crippen molar-refractivity contribution >= 4 is 10.8 Å². The van der Waals surface area contributed by atoms with Crippen LogP contribution in [0.4, 0.5) is 0 Å². The molecule has 3 rings (SSSR count). The minimum absolute atomic E-state index is 0.380. The van der Waals surface area contributed by atoms with Crippen LogP contribution in [-0.4, -0.2) is 12.6 Å². The van der Waals surface area contributed by atoms with Crippen molar-refractivity contribution in [3.63, 3.8) is 0 Å². The van der Waals surface area contributed by atoms with Crippen LogP contribution in [0.3, 0.4) is 0 Å². The molecule has 0 bridgehead atoms. The van der Waals surface area contributed by atoms with Crippen molar-refractivity contribution in [2.75, 3.05) is 6.54 Å². The fraction of sp³-hybridized carbons (Fsp3) is 0.474.